The first-order chi connectivity index (χ1) is 10.1. The normalized spacial score (nSPS) is 11.1. The van der Waals surface area contributed by atoms with Gasteiger partial charge in [-0.05, 0) is 17.7 Å². The number of halogens is 1. The lowest BCUT2D eigenvalue weighted by molar-refractivity contribution is 0.190. The van der Waals surface area contributed by atoms with Crippen LogP contribution >= 0.6 is 11.6 Å². The van der Waals surface area contributed by atoms with Crippen molar-refractivity contribution in [2.75, 3.05) is 45.4 Å². The first-order valence-electron chi connectivity index (χ1n) is 7.33. The molecule has 0 unspecified atom stereocenters. The van der Waals surface area contributed by atoms with E-state index < -0.39 is 0 Å². The van der Waals surface area contributed by atoms with Gasteiger partial charge in [0.25, 0.3) is 0 Å². The predicted octanol–water partition coefficient (Wildman–Crippen LogP) is 2.94. The molecule has 0 heterocycles. The van der Waals surface area contributed by atoms with Crippen LogP contribution in [-0.2, 0) is 16.0 Å². The third-order valence-electron chi connectivity index (χ3n) is 3.20. The first kappa shape index (κ1) is 18.2. The third kappa shape index (κ3) is 6.66. The second-order valence-electron chi connectivity index (χ2n) is 5.29. The van der Waals surface area contributed by atoms with E-state index in [-0.39, 0.29) is 0 Å². The standard InChI is InChI=1S/C16H27ClN2O2/c1-13(2)18-12-14-5-6-16(15(17)11-14)19(7-9-20-3)8-10-21-4/h5-6,11,13,18H,7-10,12H2,1-4H3. The minimum atomic E-state index is 0.461. The van der Waals surface area contributed by atoms with Crippen LogP contribution < -0.4 is 10.2 Å². The minimum Gasteiger partial charge on any atom is -0.383 e. The number of hydrogen-bond donors (Lipinski definition) is 1. The van der Waals surface area contributed by atoms with Gasteiger partial charge in [-0.25, -0.2) is 0 Å². The van der Waals surface area contributed by atoms with Gasteiger partial charge < -0.3 is 19.7 Å². The first-order valence-corrected chi connectivity index (χ1v) is 7.71. The molecule has 0 aromatic heterocycles. The number of nitrogens with zero attached hydrogens (tertiary/aromatic N) is 1. The lowest BCUT2D eigenvalue weighted by Gasteiger charge is -2.25. The van der Waals surface area contributed by atoms with Gasteiger partial charge in [0.1, 0.15) is 0 Å². The second-order valence-corrected chi connectivity index (χ2v) is 5.70. The molecule has 0 aliphatic rings. The second kappa shape index (κ2) is 10.0. The van der Waals surface area contributed by atoms with Crippen LogP contribution in [0, 0.1) is 0 Å². The zero-order valence-corrected chi connectivity index (χ0v) is 14.2. The molecule has 1 N–H and O–H groups in total. The highest BCUT2D eigenvalue weighted by Crippen LogP contribution is 2.27. The minimum absolute atomic E-state index is 0.461. The summed E-state index contributed by atoms with van der Waals surface area (Å²) in [4.78, 5) is 2.19. The summed E-state index contributed by atoms with van der Waals surface area (Å²) in [5, 5.41) is 4.16. The number of anilines is 1. The van der Waals surface area contributed by atoms with Crippen molar-refractivity contribution in [1.29, 1.82) is 0 Å². The molecule has 0 bridgehead atoms. The molecule has 5 heteroatoms. The maximum Gasteiger partial charge on any atom is 0.0642 e. The van der Waals surface area contributed by atoms with E-state index in [9.17, 15) is 0 Å². The molecule has 4 nitrogen and oxygen atoms in total. The van der Waals surface area contributed by atoms with Crippen molar-refractivity contribution in [1.82, 2.24) is 5.32 Å². The molecule has 0 atom stereocenters. The Morgan fingerprint density at radius 1 is 1.14 bits per heavy atom. The van der Waals surface area contributed by atoms with Crippen molar-refractivity contribution >= 4 is 17.3 Å². The molecule has 0 saturated heterocycles. The molecule has 0 spiro atoms. The van der Waals surface area contributed by atoms with E-state index in [2.05, 4.69) is 36.2 Å². The molecule has 120 valence electrons. The van der Waals surface area contributed by atoms with Gasteiger partial charge in [0, 0.05) is 39.9 Å². The van der Waals surface area contributed by atoms with E-state index in [0.29, 0.717) is 19.3 Å². The summed E-state index contributed by atoms with van der Waals surface area (Å²) in [5.74, 6) is 0. The van der Waals surface area contributed by atoms with Crippen molar-refractivity contribution < 1.29 is 9.47 Å². The van der Waals surface area contributed by atoms with Gasteiger partial charge in [-0.15, -0.1) is 0 Å². The quantitative estimate of drug-likeness (QED) is 0.720. The van der Waals surface area contributed by atoms with E-state index in [1.807, 2.05) is 6.07 Å². The summed E-state index contributed by atoms with van der Waals surface area (Å²) in [6.07, 6.45) is 0. The van der Waals surface area contributed by atoms with Crippen LogP contribution in [0.4, 0.5) is 5.69 Å². The van der Waals surface area contributed by atoms with Gasteiger partial charge in [0.2, 0.25) is 0 Å². The molecule has 0 fully saturated rings. The predicted molar refractivity (Wildman–Crippen MR) is 89.4 cm³/mol. The molecule has 1 rings (SSSR count). The maximum atomic E-state index is 6.45. The van der Waals surface area contributed by atoms with E-state index in [1.165, 1.54) is 5.56 Å². The summed E-state index contributed by atoms with van der Waals surface area (Å²) in [5.41, 5.74) is 2.22. The fourth-order valence-electron chi connectivity index (χ4n) is 1.99. The van der Waals surface area contributed by atoms with Crippen molar-refractivity contribution in [3.8, 4) is 0 Å². The highest BCUT2D eigenvalue weighted by Gasteiger charge is 2.11. The SMILES string of the molecule is COCCN(CCOC)c1ccc(CNC(C)C)cc1Cl. The van der Waals surface area contributed by atoms with Gasteiger partial charge in [-0.3, -0.25) is 0 Å². The summed E-state index contributed by atoms with van der Waals surface area (Å²) in [7, 11) is 3.41. The molecule has 0 saturated carbocycles. The van der Waals surface area contributed by atoms with Gasteiger partial charge in [0.05, 0.1) is 23.9 Å². The Morgan fingerprint density at radius 2 is 1.76 bits per heavy atom. The van der Waals surface area contributed by atoms with Crippen LogP contribution in [0.5, 0.6) is 0 Å². The Morgan fingerprint density at radius 3 is 2.24 bits per heavy atom. The number of methoxy groups -OCH3 is 2. The Labute approximate surface area is 133 Å². The summed E-state index contributed by atoms with van der Waals surface area (Å²) in [6, 6.07) is 6.68. The smallest absolute Gasteiger partial charge is 0.0642 e. The van der Waals surface area contributed by atoms with E-state index in [0.717, 1.165) is 30.3 Å². The van der Waals surface area contributed by atoms with Crippen LogP contribution in [0.25, 0.3) is 0 Å². The van der Waals surface area contributed by atoms with E-state index >= 15 is 0 Å². The Hall–Kier alpha value is -0.810. The van der Waals surface area contributed by atoms with Crippen LogP contribution in [-0.4, -0.2) is 46.6 Å². The van der Waals surface area contributed by atoms with Gasteiger partial charge >= 0.3 is 0 Å². The van der Waals surface area contributed by atoms with Crippen LogP contribution in [0.2, 0.25) is 5.02 Å². The van der Waals surface area contributed by atoms with Crippen molar-refractivity contribution in [3.05, 3.63) is 28.8 Å². The monoisotopic (exact) mass is 314 g/mol. The van der Waals surface area contributed by atoms with Gasteiger partial charge in [-0.1, -0.05) is 31.5 Å². The molecule has 0 aliphatic heterocycles. The Bertz CT molecular complexity index is 405. The molecular formula is C16H27ClN2O2. The van der Waals surface area contributed by atoms with Gasteiger partial charge in [-0.2, -0.15) is 0 Å². The lowest BCUT2D eigenvalue weighted by Crippen LogP contribution is -2.31. The lowest BCUT2D eigenvalue weighted by atomic mass is 10.2. The summed E-state index contributed by atoms with van der Waals surface area (Å²) in [6.45, 7) is 8.01. The Balaban J connectivity index is 2.77. The zero-order chi connectivity index (χ0) is 15.7. The number of nitrogens with one attached hydrogen (secondary N) is 1. The molecule has 1 aromatic rings. The summed E-state index contributed by atoms with van der Waals surface area (Å²) >= 11 is 6.45. The highest BCUT2D eigenvalue weighted by atomic mass is 35.5. The van der Waals surface area contributed by atoms with Crippen molar-refractivity contribution in [2.24, 2.45) is 0 Å². The van der Waals surface area contributed by atoms with Crippen LogP contribution in [0.15, 0.2) is 18.2 Å². The zero-order valence-electron chi connectivity index (χ0n) is 13.5. The molecular weight excluding hydrogens is 288 g/mol. The topological polar surface area (TPSA) is 33.7 Å². The molecule has 21 heavy (non-hydrogen) atoms. The summed E-state index contributed by atoms with van der Waals surface area (Å²) < 4.78 is 10.3. The van der Waals surface area contributed by atoms with Crippen molar-refractivity contribution in [2.45, 2.75) is 26.4 Å². The van der Waals surface area contributed by atoms with Crippen LogP contribution in [0.1, 0.15) is 19.4 Å². The van der Waals surface area contributed by atoms with Gasteiger partial charge in [0.15, 0.2) is 0 Å². The average molecular weight is 315 g/mol. The fraction of sp³-hybridized carbons (Fsp3) is 0.625. The highest BCUT2D eigenvalue weighted by molar-refractivity contribution is 6.33. The average Bonchev–Trinajstić information content (AvgIpc) is 2.46. The number of rotatable bonds is 10. The molecule has 0 aliphatic carbocycles. The molecule has 0 radical (unpaired) electrons. The molecule has 0 amide bonds. The largest absolute Gasteiger partial charge is 0.383 e. The maximum absolute atomic E-state index is 6.45. The Kier molecular flexibility index (Phi) is 8.69. The van der Waals surface area contributed by atoms with Crippen LogP contribution in [0.3, 0.4) is 0 Å². The van der Waals surface area contributed by atoms with E-state index in [4.69, 9.17) is 21.1 Å². The number of ether oxygens (including phenoxy) is 2. The number of benzene rings is 1. The fourth-order valence-corrected chi connectivity index (χ4v) is 2.32. The van der Waals surface area contributed by atoms with Crippen molar-refractivity contribution in [3.63, 3.8) is 0 Å². The molecule has 1 aromatic carbocycles. The third-order valence-corrected chi connectivity index (χ3v) is 3.50. The van der Waals surface area contributed by atoms with E-state index in [1.54, 1.807) is 14.2 Å². The number of hydrogen-bond acceptors (Lipinski definition) is 4.